The molecule has 3 rings (SSSR count). The van der Waals surface area contributed by atoms with E-state index in [1.54, 1.807) is 18.7 Å². The highest BCUT2D eigenvalue weighted by Gasteiger charge is 2.31. The first-order chi connectivity index (χ1) is 16.8. The summed E-state index contributed by atoms with van der Waals surface area (Å²) in [6.07, 6.45) is 4.20. The third-order valence-electron chi connectivity index (χ3n) is 6.49. The van der Waals surface area contributed by atoms with Gasteiger partial charge < -0.3 is 15.4 Å². The maximum atomic E-state index is 13.4. The second-order valence-electron chi connectivity index (χ2n) is 9.03. The predicted octanol–water partition coefficient (Wildman–Crippen LogP) is 2.89. The van der Waals surface area contributed by atoms with E-state index in [4.69, 9.17) is 15.5 Å². The number of ether oxygens (including phenoxy) is 1. The number of unbranched alkanes of at least 4 members (excludes halogenated alkanes) is 1. The fourth-order valence-electron chi connectivity index (χ4n) is 4.35. The van der Waals surface area contributed by atoms with E-state index in [0.29, 0.717) is 55.2 Å². The number of benzene rings is 1. The van der Waals surface area contributed by atoms with Crippen LogP contribution in [0, 0.1) is 5.92 Å². The number of piperidine rings is 1. The van der Waals surface area contributed by atoms with Crippen molar-refractivity contribution < 1.29 is 14.3 Å². The van der Waals surface area contributed by atoms with Gasteiger partial charge in [0.1, 0.15) is 0 Å². The molecule has 0 spiro atoms. The lowest BCUT2D eigenvalue weighted by molar-refractivity contribution is -0.134. The van der Waals surface area contributed by atoms with E-state index in [-0.39, 0.29) is 35.1 Å². The van der Waals surface area contributed by atoms with Gasteiger partial charge in [-0.25, -0.2) is 4.98 Å². The number of carbonyl (C=O) groups is 2. The van der Waals surface area contributed by atoms with Crippen molar-refractivity contribution >= 4 is 23.6 Å². The molecule has 8 nitrogen and oxygen atoms in total. The molecule has 1 aromatic heterocycles. The van der Waals surface area contributed by atoms with E-state index >= 15 is 0 Å². The summed E-state index contributed by atoms with van der Waals surface area (Å²) in [6.45, 7) is 3.35. The maximum absolute atomic E-state index is 13.4. The first kappa shape index (κ1) is 26.9. The Balaban J connectivity index is 1.86. The summed E-state index contributed by atoms with van der Waals surface area (Å²) in [6, 6.07) is 9.81. The molecule has 190 valence electrons. The van der Waals surface area contributed by atoms with Crippen LogP contribution < -0.4 is 11.3 Å². The van der Waals surface area contributed by atoms with Crippen LogP contribution in [0.2, 0.25) is 0 Å². The molecule has 2 aromatic rings. The molecule has 1 aliphatic rings. The number of carbonyl (C=O) groups excluding carboxylic acids is 2. The number of methoxy groups -OCH3 is 1. The van der Waals surface area contributed by atoms with Crippen molar-refractivity contribution in [1.82, 2.24) is 14.5 Å². The Hall–Kier alpha value is -2.65. The van der Waals surface area contributed by atoms with Gasteiger partial charge in [0.05, 0.1) is 17.6 Å². The molecule has 1 saturated heterocycles. The second kappa shape index (κ2) is 12.9. The van der Waals surface area contributed by atoms with Gasteiger partial charge in [0.25, 0.3) is 5.56 Å². The molecule has 2 heterocycles. The van der Waals surface area contributed by atoms with Crippen molar-refractivity contribution in [2.24, 2.45) is 18.7 Å². The summed E-state index contributed by atoms with van der Waals surface area (Å²) < 4.78 is 6.91. The Morgan fingerprint density at radius 1 is 1.23 bits per heavy atom. The number of hydrogen-bond donors (Lipinski definition) is 1. The molecular formula is C26H36N4O4S. The van der Waals surface area contributed by atoms with Crippen LogP contribution in [0.1, 0.15) is 55.8 Å². The quantitative estimate of drug-likeness (QED) is 0.376. The minimum atomic E-state index is -0.353. The van der Waals surface area contributed by atoms with Gasteiger partial charge in [-0.05, 0) is 24.8 Å². The molecule has 0 bridgehead atoms. The normalized spacial score (nSPS) is 15.2. The Kier molecular flexibility index (Phi) is 9.92. The van der Waals surface area contributed by atoms with Gasteiger partial charge in [-0.3, -0.25) is 19.0 Å². The van der Waals surface area contributed by atoms with E-state index in [0.717, 1.165) is 18.4 Å². The van der Waals surface area contributed by atoms with Crippen molar-refractivity contribution in [3.8, 4) is 0 Å². The van der Waals surface area contributed by atoms with Crippen LogP contribution in [0.25, 0.3) is 0 Å². The lowest BCUT2D eigenvalue weighted by Gasteiger charge is -2.33. The fourth-order valence-corrected chi connectivity index (χ4v) is 5.54. The van der Waals surface area contributed by atoms with Gasteiger partial charge >= 0.3 is 0 Å². The second-order valence-corrected chi connectivity index (χ2v) is 10.2. The molecule has 1 atom stereocenters. The number of nitrogens with two attached hydrogens (primary N) is 1. The number of aromatic nitrogens is 2. The molecule has 0 radical (unpaired) electrons. The Bertz CT molecular complexity index is 1070. The Labute approximate surface area is 211 Å². The molecular weight excluding hydrogens is 464 g/mol. The van der Waals surface area contributed by atoms with Gasteiger partial charge in [0.15, 0.2) is 5.16 Å². The van der Waals surface area contributed by atoms with Crippen LogP contribution in [0.15, 0.2) is 40.3 Å². The number of primary amides is 1. The van der Waals surface area contributed by atoms with Gasteiger partial charge in [-0.2, -0.15) is 0 Å². The van der Waals surface area contributed by atoms with Gasteiger partial charge in [-0.15, -0.1) is 0 Å². The molecule has 2 amide bonds. The molecule has 0 aliphatic carbocycles. The Morgan fingerprint density at radius 3 is 2.51 bits per heavy atom. The largest absolute Gasteiger partial charge is 0.378 e. The van der Waals surface area contributed by atoms with Crippen molar-refractivity contribution in [3.63, 3.8) is 0 Å². The summed E-state index contributed by atoms with van der Waals surface area (Å²) in [7, 11) is 3.30. The van der Waals surface area contributed by atoms with E-state index in [1.807, 2.05) is 35.2 Å². The molecule has 35 heavy (non-hydrogen) atoms. The topological polar surface area (TPSA) is 108 Å². The lowest BCUT2D eigenvalue weighted by Crippen LogP contribution is -2.45. The van der Waals surface area contributed by atoms with Crippen LogP contribution >= 0.6 is 11.8 Å². The van der Waals surface area contributed by atoms with Gasteiger partial charge in [0.2, 0.25) is 11.8 Å². The maximum Gasteiger partial charge on any atom is 0.257 e. The third-order valence-corrected chi connectivity index (χ3v) is 7.78. The van der Waals surface area contributed by atoms with Crippen LogP contribution in [0.4, 0.5) is 0 Å². The molecule has 1 aromatic carbocycles. The summed E-state index contributed by atoms with van der Waals surface area (Å²) in [5.74, 6) is -0.436. The first-order valence-electron chi connectivity index (χ1n) is 12.2. The zero-order chi connectivity index (χ0) is 25.4. The predicted molar refractivity (Wildman–Crippen MR) is 137 cm³/mol. The minimum Gasteiger partial charge on any atom is -0.378 e. The Morgan fingerprint density at radius 2 is 1.91 bits per heavy atom. The van der Waals surface area contributed by atoms with Crippen molar-refractivity contribution in [1.29, 1.82) is 0 Å². The lowest BCUT2D eigenvalue weighted by atomic mass is 9.96. The summed E-state index contributed by atoms with van der Waals surface area (Å²) in [5, 5.41) is 0.161. The highest BCUT2D eigenvalue weighted by molar-refractivity contribution is 8.00. The average Bonchev–Trinajstić information content (AvgIpc) is 2.87. The minimum absolute atomic E-state index is 0.0299. The standard InChI is InChI=1S/C26H36N4O4S/c1-4-5-11-22(25(33)30-14-12-19(13-15-30)23(27)31)35-26-28-21(17-34-3)20(24(32)29(26)2)16-18-9-7-6-8-10-18/h6-10,19,22H,4-5,11-17H2,1-3H3,(H2,27,31). The van der Waals surface area contributed by atoms with E-state index < -0.39 is 0 Å². The van der Waals surface area contributed by atoms with Crippen molar-refractivity contribution in [2.75, 3.05) is 20.2 Å². The molecule has 1 aliphatic heterocycles. The molecule has 2 N–H and O–H groups in total. The van der Waals surface area contributed by atoms with E-state index in [9.17, 15) is 14.4 Å². The van der Waals surface area contributed by atoms with Crippen LogP contribution in [-0.2, 0) is 34.4 Å². The SMILES string of the molecule is CCCCC(Sc1nc(COC)c(Cc2ccccc2)c(=O)n1C)C(=O)N1CCC(C(N)=O)CC1. The summed E-state index contributed by atoms with van der Waals surface area (Å²) >= 11 is 1.35. The summed E-state index contributed by atoms with van der Waals surface area (Å²) in [5.41, 5.74) is 7.56. The third kappa shape index (κ3) is 6.95. The van der Waals surface area contributed by atoms with Gasteiger partial charge in [-0.1, -0.05) is 61.9 Å². The monoisotopic (exact) mass is 500 g/mol. The average molecular weight is 501 g/mol. The zero-order valence-corrected chi connectivity index (χ0v) is 21.7. The number of hydrogen-bond acceptors (Lipinski definition) is 6. The van der Waals surface area contributed by atoms with Crippen molar-refractivity contribution in [2.45, 2.75) is 62.5 Å². The molecule has 9 heteroatoms. The number of thioether (sulfide) groups is 1. The van der Waals surface area contributed by atoms with Crippen LogP contribution in [0.3, 0.4) is 0 Å². The van der Waals surface area contributed by atoms with Crippen LogP contribution in [-0.4, -0.2) is 51.7 Å². The van der Waals surface area contributed by atoms with Crippen molar-refractivity contribution in [3.05, 3.63) is 57.5 Å². The van der Waals surface area contributed by atoms with E-state index in [1.165, 1.54) is 11.8 Å². The number of likely N-dealkylation sites (tertiary alicyclic amines) is 1. The number of rotatable bonds is 11. The number of nitrogens with zero attached hydrogens (tertiary/aromatic N) is 3. The molecule has 1 fully saturated rings. The number of amides is 2. The summed E-state index contributed by atoms with van der Waals surface area (Å²) in [4.78, 5) is 45.0. The van der Waals surface area contributed by atoms with E-state index in [2.05, 4.69) is 6.92 Å². The molecule has 0 saturated carbocycles. The highest BCUT2D eigenvalue weighted by atomic mass is 32.2. The smallest absolute Gasteiger partial charge is 0.257 e. The molecule has 1 unspecified atom stereocenters. The zero-order valence-electron chi connectivity index (χ0n) is 20.9. The van der Waals surface area contributed by atoms with Crippen LogP contribution in [0.5, 0.6) is 0 Å². The highest BCUT2D eigenvalue weighted by Crippen LogP contribution is 2.29. The first-order valence-corrected chi connectivity index (χ1v) is 13.1. The fraction of sp³-hybridized carbons (Fsp3) is 0.538. The van der Waals surface area contributed by atoms with Gasteiger partial charge in [0, 0.05) is 45.1 Å².